The number of nitrogens with zero attached hydrogens (tertiary/aromatic N) is 2. The van der Waals surface area contributed by atoms with Gasteiger partial charge in [-0.3, -0.25) is 14.5 Å². The van der Waals surface area contributed by atoms with Gasteiger partial charge in [-0.25, -0.2) is 9.69 Å². The van der Waals surface area contributed by atoms with Crippen LogP contribution in [0.25, 0.3) is 0 Å². The Morgan fingerprint density at radius 1 is 0.852 bits per heavy atom. The van der Waals surface area contributed by atoms with Gasteiger partial charge in [0.2, 0.25) is 0 Å². The lowest BCUT2D eigenvalue weighted by molar-refractivity contribution is -0.155. The van der Waals surface area contributed by atoms with Crippen LogP contribution in [-0.4, -0.2) is 41.5 Å². The van der Waals surface area contributed by atoms with E-state index in [2.05, 4.69) is 0 Å². The average Bonchev–Trinajstić information content (AvgIpc) is 2.71. The van der Waals surface area contributed by atoms with Crippen molar-refractivity contribution >= 4 is 17.8 Å². The highest BCUT2D eigenvalue weighted by atomic mass is 16.5. The maximum atomic E-state index is 13.5. The molecule has 6 nitrogen and oxygen atoms in total. The summed E-state index contributed by atoms with van der Waals surface area (Å²) in [7, 11) is 1.41. The van der Waals surface area contributed by atoms with Crippen LogP contribution in [0.2, 0.25) is 0 Å². The minimum atomic E-state index is -1.44. The van der Waals surface area contributed by atoms with Crippen molar-refractivity contribution in [3.05, 3.63) is 71.8 Å². The molecule has 2 aromatic rings. The van der Waals surface area contributed by atoms with Crippen molar-refractivity contribution in [3.63, 3.8) is 0 Å². The molecule has 140 valence electrons. The first-order valence-electron chi connectivity index (χ1n) is 8.82. The lowest BCUT2D eigenvalue weighted by Crippen LogP contribution is -2.67. The van der Waals surface area contributed by atoms with E-state index in [9.17, 15) is 14.4 Å². The van der Waals surface area contributed by atoms with Gasteiger partial charge in [0.25, 0.3) is 11.8 Å². The number of barbiturate groups is 1. The third-order valence-corrected chi connectivity index (χ3v) is 4.92. The summed E-state index contributed by atoms with van der Waals surface area (Å²) >= 11 is 0. The number of amides is 4. The minimum Gasteiger partial charge on any atom is -0.364 e. The number of carbonyl (C=O) groups is 3. The molecular formula is C21H22N2O4. The van der Waals surface area contributed by atoms with Crippen LogP contribution in [0, 0.1) is 0 Å². The Labute approximate surface area is 158 Å². The van der Waals surface area contributed by atoms with E-state index in [1.807, 2.05) is 36.4 Å². The summed E-state index contributed by atoms with van der Waals surface area (Å²) in [5, 5.41) is 0. The number of benzene rings is 2. The minimum absolute atomic E-state index is 0.0978. The molecule has 0 bridgehead atoms. The Morgan fingerprint density at radius 3 is 1.96 bits per heavy atom. The van der Waals surface area contributed by atoms with Gasteiger partial charge in [-0.2, -0.15) is 0 Å². The summed E-state index contributed by atoms with van der Waals surface area (Å²) in [5.74, 6) is -1.04. The molecule has 1 unspecified atom stereocenters. The van der Waals surface area contributed by atoms with Gasteiger partial charge in [-0.15, -0.1) is 0 Å². The highest BCUT2D eigenvalue weighted by Crippen LogP contribution is 2.37. The predicted molar refractivity (Wildman–Crippen MR) is 99.5 cm³/mol. The fourth-order valence-corrected chi connectivity index (χ4v) is 3.50. The van der Waals surface area contributed by atoms with E-state index >= 15 is 0 Å². The smallest absolute Gasteiger partial charge is 0.335 e. The lowest BCUT2D eigenvalue weighted by atomic mass is 9.74. The molecule has 0 radical (unpaired) electrons. The molecule has 1 aliphatic heterocycles. The molecule has 1 fully saturated rings. The SMILES string of the molecule is CCC1(c2ccccc2)C(=O)N(COC)C(=O)N(Cc2ccccc2)C1=O. The molecule has 27 heavy (non-hydrogen) atoms. The Hall–Kier alpha value is -2.99. The fourth-order valence-electron chi connectivity index (χ4n) is 3.50. The maximum Gasteiger partial charge on any atom is 0.335 e. The quantitative estimate of drug-likeness (QED) is 0.737. The van der Waals surface area contributed by atoms with Crippen LogP contribution < -0.4 is 0 Å². The third kappa shape index (κ3) is 3.13. The molecule has 1 saturated heterocycles. The molecule has 6 heteroatoms. The van der Waals surface area contributed by atoms with E-state index in [4.69, 9.17) is 4.74 Å². The van der Waals surface area contributed by atoms with Crippen LogP contribution in [0.5, 0.6) is 0 Å². The van der Waals surface area contributed by atoms with E-state index in [0.29, 0.717) is 5.56 Å². The number of ether oxygens (including phenoxy) is 1. The number of carbonyl (C=O) groups excluding carboxylic acids is 3. The summed E-state index contributed by atoms with van der Waals surface area (Å²) in [5.41, 5.74) is -0.0548. The van der Waals surface area contributed by atoms with Gasteiger partial charge in [-0.1, -0.05) is 67.6 Å². The second kappa shape index (κ2) is 7.72. The van der Waals surface area contributed by atoms with Gasteiger partial charge in [0.05, 0.1) is 6.54 Å². The third-order valence-electron chi connectivity index (χ3n) is 4.92. The van der Waals surface area contributed by atoms with Crippen LogP contribution in [-0.2, 0) is 26.3 Å². The summed E-state index contributed by atoms with van der Waals surface area (Å²) in [6.07, 6.45) is 0.244. The monoisotopic (exact) mass is 366 g/mol. The number of hydrogen-bond donors (Lipinski definition) is 0. The second-order valence-electron chi connectivity index (χ2n) is 6.44. The molecule has 1 aliphatic rings. The summed E-state index contributed by atoms with van der Waals surface area (Å²) in [6.45, 7) is 1.68. The fraction of sp³-hybridized carbons (Fsp3) is 0.286. The highest BCUT2D eigenvalue weighted by Gasteiger charge is 2.57. The first-order chi connectivity index (χ1) is 13.1. The van der Waals surface area contributed by atoms with Crippen LogP contribution in [0.1, 0.15) is 24.5 Å². The zero-order valence-electron chi connectivity index (χ0n) is 15.4. The van der Waals surface area contributed by atoms with E-state index in [-0.39, 0.29) is 19.7 Å². The number of urea groups is 1. The standard InChI is InChI=1S/C21H22N2O4/c1-3-21(17-12-8-5-9-13-17)18(24)22(14-16-10-6-4-7-11-16)20(26)23(15-27-2)19(21)25/h4-13H,3,14-15H2,1-2H3. The zero-order chi connectivity index (χ0) is 19.4. The molecule has 2 aromatic carbocycles. The number of imide groups is 2. The van der Waals surface area contributed by atoms with Crippen molar-refractivity contribution in [1.29, 1.82) is 0 Å². The normalized spacial score (nSPS) is 20.3. The van der Waals surface area contributed by atoms with Gasteiger partial charge in [0.15, 0.2) is 5.41 Å². The number of rotatable bonds is 6. The Bertz CT molecular complexity index is 838. The Kier molecular flexibility index (Phi) is 5.37. The first kappa shape index (κ1) is 18.8. The van der Waals surface area contributed by atoms with E-state index < -0.39 is 23.3 Å². The Morgan fingerprint density at radius 2 is 1.41 bits per heavy atom. The van der Waals surface area contributed by atoms with E-state index in [1.165, 1.54) is 7.11 Å². The average molecular weight is 366 g/mol. The molecule has 1 atom stereocenters. The number of hydrogen-bond acceptors (Lipinski definition) is 4. The molecule has 0 spiro atoms. The molecule has 1 heterocycles. The molecule has 4 amide bonds. The van der Waals surface area contributed by atoms with Crippen molar-refractivity contribution in [2.45, 2.75) is 25.3 Å². The van der Waals surface area contributed by atoms with Crippen LogP contribution >= 0.6 is 0 Å². The van der Waals surface area contributed by atoms with Crippen LogP contribution in [0.4, 0.5) is 4.79 Å². The molecule has 3 rings (SSSR count). The zero-order valence-corrected chi connectivity index (χ0v) is 15.4. The van der Waals surface area contributed by atoms with Crippen molar-refractivity contribution in [2.24, 2.45) is 0 Å². The maximum absolute atomic E-state index is 13.5. The first-order valence-corrected chi connectivity index (χ1v) is 8.82. The van der Waals surface area contributed by atoms with Crippen molar-refractivity contribution in [2.75, 3.05) is 13.8 Å². The van der Waals surface area contributed by atoms with Gasteiger partial charge < -0.3 is 4.74 Å². The van der Waals surface area contributed by atoms with E-state index in [1.54, 1.807) is 31.2 Å². The highest BCUT2D eigenvalue weighted by molar-refractivity contribution is 6.22. The molecule has 0 aliphatic carbocycles. The topological polar surface area (TPSA) is 66.9 Å². The summed E-state index contributed by atoms with van der Waals surface area (Å²) in [6, 6.07) is 17.5. The van der Waals surface area contributed by atoms with Gasteiger partial charge in [0.1, 0.15) is 6.73 Å². The van der Waals surface area contributed by atoms with Crippen LogP contribution in [0.15, 0.2) is 60.7 Å². The van der Waals surface area contributed by atoms with Gasteiger partial charge in [-0.05, 0) is 17.5 Å². The van der Waals surface area contributed by atoms with Crippen LogP contribution in [0.3, 0.4) is 0 Å². The second-order valence-corrected chi connectivity index (χ2v) is 6.44. The molecule has 0 saturated carbocycles. The van der Waals surface area contributed by atoms with Crippen molar-refractivity contribution in [3.8, 4) is 0 Å². The largest absolute Gasteiger partial charge is 0.364 e. The number of methoxy groups -OCH3 is 1. The summed E-state index contributed by atoms with van der Waals surface area (Å²) in [4.78, 5) is 41.8. The van der Waals surface area contributed by atoms with Crippen molar-refractivity contribution < 1.29 is 19.1 Å². The van der Waals surface area contributed by atoms with Crippen molar-refractivity contribution in [1.82, 2.24) is 9.80 Å². The molecular weight excluding hydrogens is 344 g/mol. The molecule has 0 N–H and O–H groups in total. The van der Waals surface area contributed by atoms with Gasteiger partial charge in [0, 0.05) is 7.11 Å². The van der Waals surface area contributed by atoms with E-state index in [0.717, 1.165) is 15.4 Å². The lowest BCUT2D eigenvalue weighted by Gasteiger charge is -2.43. The Balaban J connectivity index is 2.10. The molecule has 0 aromatic heterocycles. The summed E-state index contributed by atoms with van der Waals surface area (Å²) < 4.78 is 5.08. The predicted octanol–water partition coefficient (Wildman–Crippen LogP) is 2.93. The van der Waals surface area contributed by atoms with Gasteiger partial charge >= 0.3 is 6.03 Å².